The molecule has 0 saturated heterocycles. The van der Waals surface area contributed by atoms with Gasteiger partial charge >= 0.3 is 0 Å². The second-order valence-electron chi connectivity index (χ2n) is 1.79. The Hall–Kier alpha value is -0.780. The van der Waals surface area contributed by atoms with Crippen LogP contribution in [0.15, 0.2) is 6.33 Å². The molecule has 5 N–H and O–H groups in total. The van der Waals surface area contributed by atoms with Crippen molar-refractivity contribution < 1.29 is 4.79 Å². The van der Waals surface area contributed by atoms with Crippen molar-refractivity contribution in [2.45, 2.75) is 0 Å². The molecule has 7 heteroatoms. The molecule has 1 aromatic heterocycles. The molecule has 1 aromatic rings. The van der Waals surface area contributed by atoms with Gasteiger partial charge in [-0.05, 0) is 0 Å². The molecule has 1 rings (SSSR count). The highest BCUT2D eigenvalue weighted by atomic mass is 35.5. The Morgan fingerprint density at radius 3 is 2.50 bits per heavy atom. The van der Waals surface area contributed by atoms with E-state index >= 15 is 0 Å². The summed E-state index contributed by atoms with van der Waals surface area (Å²) in [5, 5.41) is 0. The number of hydrogen-bond acceptors (Lipinski definition) is 4. The van der Waals surface area contributed by atoms with E-state index in [1.165, 1.54) is 6.33 Å². The van der Waals surface area contributed by atoms with Crippen molar-refractivity contribution in [1.82, 2.24) is 9.97 Å². The van der Waals surface area contributed by atoms with E-state index < -0.39 is 0 Å². The van der Waals surface area contributed by atoms with Crippen LogP contribution in [0, 0.1) is 0 Å². The normalized spacial score (nSPS) is 8.08. The number of anilines is 1. The summed E-state index contributed by atoms with van der Waals surface area (Å²) in [6.45, 7) is -0.0492. The van der Waals surface area contributed by atoms with E-state index in [4.69, 9.17) is 11.5 Å². The Bertz CT molecular complexity index is 249. The Morgan fingerprint density at radius 2 is 2.17 bits per heavy atom. The lowest BCUT2D eigenvalue weighted by Crippen LogP contribution is -2.15. The number of rotatable bonds is 2. The number of hydrogen-bond donors (Lipinski definition) is 3. The van der Waals surface area contributed by atoms with Crippen molar-refractivity contribution >= 4 is 36.4 Å². The third kappa shape index (κ3) is 2.69. The van der Waals surface area contributed by atoms with E-state index in [-0.39, 0.29) is 43.0 Å². The number of nitrogens with zero attached hydrogens (tertiary/aromatic N) is 1. The number of nitrogens with two attached hydrogens (primary N) is 2. The fourth-order valence-electron chi connectivity index (χ4n) is 0.630. The molecule has 0 aliphatic carbocycles. The molecular weight excluding hydrogens is 203 g/mol. The minimum Gasteiger partial charge on any atom is -0.382 e. The number of nitrogens with one attached hydrogen (secondary N) is 1. The second-order valence-corrected chi connectivity index (χ2v) is 1.79. The fourth-order valence-corrected chi connectivity index (χ4v) is 0.630. The zero-order valence-electron chi connectivity index (χ0n) is 6.11. The first-order valence-corrected chi connectivity index (χ1v) is 2.78. The number of aromatic nitrogens is 2. The SMILES string of the molecule is Cl.Cl.NCC(=O)c1[nH]cnc1N. The number of imidazole rings is 1. The standard InChI is InChI=1S/C5H8N4O.2ClH/c6-1-3(10)4-5(7)9-2-8-4;;/h2H,1,6-7H2,(H,8,9);2*1H. The molecule has 0 spiro atoms. The highest BCUT2D eigenvalue weighted by molar-refractivity contribution is 5.99. The van der Waals surface area contributed by atoms with Gasteiger partial charge in [-0.15, -0.1) is 24.8 Å². The number of ketones is 1. The van der Waals surface area contributed by atoms with Gasteiger partial charge in [0, 0.05) is 0 Å². The van der Waals surface area contributed by atoms with Gasteiger partial charge in [0.05, 0.1) is 12.9 Å². The third-order valence-electron chi connectivity index (χ3n) is 1.13. The van der Waals surface area contributed by atoms with Crippen LogP contribution in [0.2, 0.25) is 0 Å². The molecule has 12 heavy (non-hydrogen) atoms. The van der Waals surface area contributed by atoms with Crippen molar-refractivity contribution in [3.63, 3.8) is 0 Å². The van der Waals surface area contributed by atoms with Gasteiger partial charge < -0.3 is 16.5 Å². The summed E-state index contributed by atoms with van der Waals surface area (Å²) < 4.78 is 0. The van der Waals surface area contributed by atoms with Crippen molar-refractivity contribution in [3.05, 3.63) is 12.0 Å². The summed E-state index contributed by atoms with van der Waals surface area (Å²) in [5.74, 6) is -0.0227. The summed E-state index contributed by atoms with van der Waals surface area (Å²) in [4.78, 5) is 17.0. The topological polar surface area (TPSA) is 97.8 Å². The van der Waals surface area contributed by atoms with Crippen molar-refractivity contribution in [2.75, 3.05) is 12.3 Å². The highest BCUT2D eigenvalue weighted by Crippen LogP contribution is 2.02. The van der Waals surface area contributed by atoms with Crippen LogP contribution >= 0.6 is 24.8 Å². The maximum atomic E-state index is 10.8. The number of carbonyl (C=O) groups excluding carboxylic acids is 1. The van der Waals surface area contributed by atoms with E-state index in [9.17, 15) is 4.79 Å². The summed E-state index contributed by atoms with van der Waals surface area (Å²) in [6.07, 6.45) is 1.36. The number of carbonyl (C=O) groups is 1. The minimum atomic E-state index is -0.227. The Balaban J connectivity index is 0. The Labute approximate surface area is 81.7 Å². The van der Waals surface area contributed by atoms with Crippen LogP contribution in [0.5, 0.6) is 0 Å². The average Bonchev–Trinajstić information content (AvgIpc) is 2.34. The predicted molar refractivity (Wildman–Crippen MR) is 50.9 cm³/mol. The summed E-state index contributed by atoms with van der Waals surface area (Å²) in [5.41, 5.74) is 10.7. The highest BCUT2D eigenvalue weighted by Gasteiger charge is 2.08. The zero-order chi connectivity index (χ0) is 7.56. The molecule has 0 saturated carbocycles. The number of H-pyrrole nitrogens is 1. The van der Waals surface area contributed by atoms with Gasteiger partial charge in [-0.1, -0.05) is 0 Å². The Morgan fingerprint density at radius 1 is 1.58 bits per heavy atom. The van der Waals surface area contributed by atoms with Gasteiger partial charge in [-0.25, -0.2) is 4.98 Å². The van der Waals surface area contributed by atoms with E-state index in [1.54, 1.807) is 0 Å². The van der Waals surface area contributed by atoms with Crippen LogP contribution in [0.1, 0.15) is 10.5 Å². The number of Topliss-reactive ketones (excluding diaryl/α,β-unsaturated/α-hetero) is 1. The average molecular weight is 213 g/mol. The molecule has 1 heterocycles. The van der Waals surface area contributed by atoms with Crippen LogP contribution < -0.4 is 11.5 Å². The lowest BCUT2D eigenvalue weighted by Gasteiger charge is -1.91. The minimum absolute atomic E-state index is 0. The summed E-state index contributed by atoms with van der Waals surface area (Å²) in [6, 6.07) is 0. The van der Waals surface area contributed by atoms with E-state index in [1.807, 2.05) is 0 Å². The third-order valence-corrected chi connectivity index (χ3v) is 1.13. The van der Waals surface area contributed by atoms with Gasteiger partial charge in [-0.3, -0.25) is 4.79 Å². The molecule has 0 unspecified atom stereocenters. The van der Waals surface area contributed by atoms with Crippen LogP contribution in [0.25, 0.3) is 0 Å². The second kappa shape index (κ2) is 5.82. The van der Waals surface area contributed by atoms with Gasteiger partial charge in [-0.2, -0.15) is 0 Å². The first-order chi connectivity index (χ1) is 4.75. The molecule has 0 atom stereocenters. The maximum Gasteiger partial charge on any atom is 0.196 e. The fraction of sp³-hybridized carbons (Fsp3) is 0.200. The molecule has 0 fully saturated rings. The van der Waals surface area contributed by atoms with Crippen molar-refractivity contribution in [2.24, 2.45) is 5.73 Å². The van der Waals surface area contributed by atoms with Crippen molar-refractivity contribution in [1.29, 1.82) is 0 Å². The molecule has 5 nitrogen and oxygen atoms in total. The first-order valence-electron chi connectivity index (χ1n) is 2.78. The molecule has 0 aliphatic rings. The van der Waals surface area contributed by atoms with E-state index in [0.717, 1.165) is 0 Å². The number of aromatic amines is 1. The number of nitrogen functional groups attached to an aromatic ring is 1. The summed E-state index contributed by atoms with van der Waals surface area (Å²) in [7, 11) is 0. The Kier molecular flexibility index (Phi) is 6.68. The molecule has 0 radical (unpaired) electrons. The molecule has 0 aliphatic heterocycles. The quantitative estimate of drug-likeness (QED) is 0.601. The van der Waals surface area contributed by atoms with Gasteiger partial charge in [0.15, 0.2) is 11.6 Å². The van der Waals surface area contributed by atoms with Crippen molar-refractivity contribution in [3.8, 4) is 0 Å². The molecule has 0 amide bonds. The van der Waals surface area contributed by atoms with Crippen LogP contribution in [-0.2, 0) is 0 Å². The predicted octanol–water partition coefficient (Wildman–Crippen LogP) is -0.0231. The maximum absolute atomic E-state index is 10.8. The largest absolute Gasteiger partial charge is 0.382 e. The van der Waals surface area contributed by atoms with Crippen LogP contribution in [-0.4, -0.2) is 22.3 Å². The zero-order valence-corrected chi connectivity index (χ0v) is 7.74. The van der Waals surface area contributed by atoms with E-state index in [0.29, 0.717) is 5.69 Å². The van der Waals surface area contributed by atoms with Gasteiger partial charge in [0.2, 0.25) is 0 Å². The molecular formula is C5H10Cl2N4O. The first kappa shape index (κ1) is 13.8. The molecule has 70 valence electrons. The smallest absolute Gasteiger partial charge is 0.196 e. The van der Waals surface area contributed by atoms with Gasteiger partial charge in [0.1, 0.15) is 5.69 Å². The van der Waals surface area contributed by atoms with Crippen LogP contribution in [0.3, 0.4) is 0 Å². The van der Waals surface area contributed by atoms with Crippen LogP contribution in [0.4, 0.5) is 5.82 Å². The molecule has 0 aromatic carbocycles. The monoisotopic (exact) mass is 212 g/mol. The van der Waals surface area contributed by atoms with Gasteiger partial charge in [0.25, 0.3) is 0 Å². The number of halogens is 2. The molecule has 0 bridgehead atoms. The lowest BCUT2D eigenvalue weighted by molar-refractivity contribution is 0.0998. The lowest BCUT2D eigenvalue weighted by atomic mass is 10.3. The van der Waals surface area contributed by atoms with E-state index in [2.05, 4.69) is 9.97 Å². The summed E-state index contributed by atoms with van der Waals surface area (Å²) >= 11 is 0.